The fourth-order valence-corrected chi connectivity index (χ4v) is 2.71. The van der Waals surface area contributed by atoms with E-state index < -0.39 is 36.7 Å². The lowest BCUT2D eigenvalue weighted by Gasteiger charge is -2.37. The monoisotopic (exact) mass is 390 g/mol. The van der Waals surface area contributed by atoms with Gasteiger partial charge in [-0.1, -0.05) is 32.3 Å². The molecule has 9 nitrogen and oxygen atoms in total. The van der Waals surface area contributed by atoms with Crippen molar-refractivity contribution < 1.29 is 44.2 Å². The van der Waals surface area contributed by atoms with Crippen LogP contribution in [0.25, 0.3) is 0 Å². The maximum absolute atomic E-state index is 11.7. The zero-order valence-corrected chi connectivity index (χ0v) is 15.4. The molecule has 1 rings (SSSR count). The number of hydrogen-bond donors (Lipinski definition) is 4. The lowest BCUT2D eigenvalue weighted by Crippen LogP contribution is -2.58. The number of unbranched alkanes of at least 4 members (excludes halogenated alkanes) is 5. The van der Waals surface area contributed by atoms with Gasteiger partial charge in [0.1, 0.15) is 31.0 Å². The van der Waals surface area contributed by atoms with Crippen molar-refractivity contribution in [3.05, 3.63) is 12.8 Å². The Balaban J connectivity index is 2.04. The van der Waals surface area contributed by atoms with E-state index in [0.717, 1.165) is 38.4 Å². The summed E-state index contributed by atoms with van der Waals surface area (Å²) in [7, 11) is 0. The molecule has 0 aromatic rings. The fourth-order valence-electron chi connectivity index (χ4n) is 2.71. The first-order valence-corrected chi connectivity index (χ1v) is 9.20. The minimum Gasteiger partial charge on any atom is -0.463 e. The fraction of sp³-hybridized carbons (Fsp3) is 0.778. The first kappa shape index (κ1) is 23.5. The number of aliphatic hydroxyl groups is 4. The zero-order valence-electron chi connectivity index (χ0n) is 15.4. The van der Waals surface area contributed by atoms with Crippen molar-refractivity contribution in [1.29, 1.82) is 0 Å². The van der Waals surface area contributed by atoms with Gasteiger partial charge in [0.05, 0.1) is 6.26 Å². The number of rotatable bonds is 12. The van der Waals surface area contributed by atoms with Crippen molar-refractivity contribution in [2.24, 2.45) is 0 Å². The molecule has 1 fully saturated rings. The number of aliphatic hydroxyl groups excluding tert-OH is 4. The van der Waals surface area contributed by atoms with Gasteiger partial charge in [-0.05, 0) is 12.8 Å². The van der Waals surface area contributed by atoms with Gasteiger partial charge in [-0.15, -0.1) is 0 Å². The molecule has 0 aromatic carbocycles. The first-order chi connectivity index (χ1) is 12.9. The van der Waals surface area contributed by atoms with Crippen LogP contribution in [0.4, 0.5) is 0 Å². The highest BCUT2D eigenvalue weighted by molar-refractivity contribution is 5.69. The van der Waals surface area contributed by atoms with E-state index in [0.29, 0.717) is 12.8 Å². The van der Waals surface area contributed by atoms with E-state index in [4.69, 9.17) is 9.47 Å². The highest BCUT2D eigenvalue weighted by Gasteiger charge is 2.43. The predicted octanol–water partition coefficient (Wildman–Crippen LogP) is 0.137. The molecular formula is C18H30O9. The van der Waals surface area contributed by atoms with Crippen LogP contribution in [0.1, 0.15) is 51.4 Å². The van der Waals surface area contributed by atoms with Crippen LogP contribution in [0.3, 0.4) is 0 Å². The Labute approximate surface area is 158 Å². The van der Waals surface area contributed by atoms with Crippen molar-refractivity contribution >= 4 is 11.9 Å². The number of ether oxygens (including phenoxy) is 3. The molecule has 1 aliphatic rings. The normalized spacial score (nSPS) is 27.8. The number of carbonyl (C=O) groups is 2. The van der Waals surface area contributed by atoms with Crippen molar-refractivity contribution in [2.45, 2.75) is 82.1 Å². The van der Waals surface area contributed by atoms with Gasteiger partial charge in [-0.2, -0.15) is 0 Å². The summed E-state index contributed by atoms with van der Waals surface area (Å²) in [6.07, 6.45) is -0.646. The van der Waals surface area contributed by atoms with Gasteiger partial charge in [0.25, 0.3) is 0 Å². The molecule has 4 N–H and O–H groups in total. The Morgan fingerprint density at radius 3 is 2.00 bits per heavy atom. The summed E-state index contributed by atoms with van der Waals surface area (Å²) in [6.45, 7) is 3.00. The molecule has 1 unspecified atom stereocenters. The Morgan fingerprint density at radius 1 is 0.852 bits per heavy atom. The molecule has 0 spiro atoms. The summed E-state index contributed by atoms with van der Waals surface area (Å²) in [5.74, 6) is -0.748. The summed E-state index contributed by atoms with van der Waals surface area (Å²) in [5.41, 5.74) is 0. The summed E-state index contributed by atoms with van der Waals surface area (Å²) < 4.78 is 14.5. The minimum absolute atomic E-state index is 0.211. The molecular weight excluding hydrogens is 360 g/mol. The van der Waals surface area contributed by atoms with Crippen LogP contribution in [-0.4, -0.2) is 69.7 Å². The molecule has 1 saturated heterocycles. The summed E-state index contributed by atoms with van der Waals surface area (Å²) >= 11 is 0. The van der Waals surface area contributed by atoms with Crippen LogP contribution in [0.2, 0.25) is 0 Å². The lowest BCUT2D eigenvalue weighted by molar-refractivity contribution is -0.287. The number of carbonyl (C=O) groups excluding carboxylic acids is 2. The molecule has 9 heteroatoms. The van der Waals surface area contributed by atoms with Crippen LogP contribution in [0, 0.1) is 0 Å². The Hall–Kier alpha value is -1.52. The van der Waals surface area contributed by atoms with Gasteiger partial charge < -0.3 is 34.6 Å². The van der Waals surface area contributed by atoms with E-state index in [1.807, 2.05) is 0 Å². The third-order valence-corrected chi connectivity index (χ3v) is 4.32. The molecule has 0 aliphatic carbocycles. The maximum Gasteiger partial charge on any atom is 0.310 e. The van der Waals surface area contributed by atoms with E-state index in [2.05, 4.69) is 11.3 Å². The second-order valence-corrected chi connectivity index (χ2v) is 6.50. The molecule has 27 heavy (non-hydrogen) atoms. The Bertz CT molecular complexity index is 468. The highest BCUT2D eigenvalue weighted by Crippen LogP contribution is 2.20. The first-order valence-electron chi connectivity index (χ1n) is 9.20. The second-order valence-electron chi connectivity index (χ2n) is 6.50. The third-order valence-electron chi connectivity index (χ3n) is 4.32. The van der Waals surface area contributed by atoms with Gasteiger partial charge >= 0.3 is 11.9 Å². The van der Waals surface area contributed by atoms with Crippen LogP contribution >= 0.6 is 0 Å². The van der Waals surface area contributed by atoms with E-state index >= 15 is 0 Å². The van der Waals surface area contributed by atoms with Crippen LogP contribution in [0.15, 0.2) is 12.8 Å². The number of esters is 2. The van der Waals surface area contributed by atoms with Crippen LogP contribution in [-0.2, 0) is 23.8 Å². The minimum atomic E-state index is -1.65. The second kappa shape index (κ2) is 12.8. The average molecular weight is 390 g/mol. The van der Waals surface area contributed by atoms with E-state index in [1.54, 1.807) is 0 Å². The highest BCUT2D eigenvalue weighted by atomic mass is 16.6. The molecule has 0 aromatic heterocycles. The van der Waals surface area contributed by atoms with Crippen molar-refractivity contribution in [3.63, 3.8) is 0 Å². The van der Waals surface area contributed by atoms with Crippen molar-refractivity contribution in [2.75, 3.05) is 6.61 Å². The third kappa shape index (κ3) is 8.81. The van der Waals surface area contributed by atoms with Crippen LogP contribution < -0.4 is 0 Å². The van der Waals surface area contributed by atoms with Crippen molar-refractivity contribution in [1.82, 2.24) is 0 Å². The largest absolute Gasteiger partial charge is 0.463 e. The summed E-state index contributed by atoms with van der Waals surface area (Å²) in [6, 6.07) is 0. The van der Waals surface area contributed by atoms with E-state index in [-0.39, 0.29) is 19.0 Å². The Morgan fingerprint density at radius 2 is 1.41 bits per heavy atom. The Kier molecular flexibility index (Phi) is 11.1. The zero-order chi connectivity index (χ0) is 20.2. The molecule has 156 valence electrons. The van der Waals surface area contributed by atoms with E-state index in [9.17, 15) is 30.0 Å². The standard InChI is InChI=1S/C18H30O9/c1-2-25-13(19)9-7-5-3-4-6-8-10-14(20)26-11-12-15(21)16(22)17(23)18(24)27-12/h2,12,15-18,21-24H,1,3-11H2/t12-,15+,16+,17-,18?/m1/s1. The molecule has 0 amide bonds. The summed E-state index contributed by atoms with van der Waals surface area (Å²) in [5, 5.41) is 38.1. The van der Waals surface area contributed by atoms with Gasteiger partial charge in [0.15, 0.2) is 6.29 Å². The predicted molar refractivity (Wildman–Crippen MR) is 93.1 cm³/mol. The van der Waals surface area contributed by atoms with Gasteiger partial charge in [0.2, 0.25) is 0 Å². The lowest BCUT2D eigenvalue weighted by atomic mass is 9.99. The van der Waals surface area contributed by atoms with Gasteiger partial charge in [-0.3, -0.25) is 9.59 Å². The molecule has 0 radical (unpaired) electrons. The molecule has 5 atom stereocenters. The number of hydrogen-bond acceptors (Lipinski definition) is 9. The van der Waals surface area contributed by atoms with Crippen molar-refractivity contribution in [3.8, 4) is 0 Å². The molecule has 1 heterocycles. The van der Waals surface area contributed by atoms with Gasteiger partial charge in [-0.25, -0.2) is 0 Å². The molecule has 0 bridgehead atoms. The van der Waals surface area contributed by atoms with Gasteiger partial charge in [0, 0.05) is 12.8 Å². The quantitative estimate of drug-likeness (QED) is 0.208. The SMILES string of the molecule is C=COC(=O)CCCCCCCCC(=O)OC[C@H]1OC(O)[C@H](O)[C@@H](O)[C@H]1O. The maximum atomic E-state index is 11.7. The average Bonchev–Trinajstić information content (AvgIpc) is 2.64. The molecule has 0 saturated carbocycles. The van der Waals surface area contributed by atoms with Crippen LogP contribution in [0.5, 0.6) is 0 Å². The molecule has 1 aliphatic heterocycles. The van der Waals surface area contributed by atoms with E-state index in [1.165, 1.54) is 0 Å². The summed E-state index contributed by atoms with van der Waals surface area (Å²) in [4.78, 5) is 22.8. The topological polar surface area (TPSA) is 143 Å². The smallest absolute Gasteiger partial charge is 0.310 e.